The van der Waals surface area contributed by atoms with Crippen LogP contribution in [0.4, 0.5) is 0 Å². The summed E-state index contributed by atoms with van der Waals surface area (Å²) in [6.07, 6.45) is 4.71. The molecule has 1 aromatic heterocycles. The highest BCUT2D eigenvalue weighted by Crippen LogP contribution is 2.36. The van der Waals surface area contributed by atoms with Crippen molar-refractivity contribution in [1.82, 2.24) is 20.2 Å². The van der Waals surface area contributed by atoms with Crippen LogP contribution in [0.1, 0.15) is 31.5 Å². The highest BCUT2D eigenvalue weighted by atomic mass is 35.5. The van der Waals surface area contributed by atoms with Crippen molar-refractivity contribution in [1.29, 1.82) is 0 Å². The molecule has 2 aliphatic rings. The molecule has 1 N–H and O–H groups in total. The average Bonchev–Trinajstić information content (AvgIpc) is 3.26. The van der Waals surface area contributed by atoms with E-state index in [1.165, 1.54) is 12.8 Å². The van der Waals surface area contributed by atoms with Gasteiger partial charge in [0.15, 0.2) is 5.54 Å². The molecule has 1 aromatic carbocycles. The van der Waals surface area contributed by atoms with Crippen LogP contribution in [0.2, 0.25) is 5.02 Å². The Kier molecular flexibility index (Phi) is 4.05. The molecule has 1 saturated heterocycles. The second-order valence-electron chi connectivity index (χ2n) is 6.40. The van der Waals surface area contributed by atoms with E-state index in [1.54, 1.807) is 4.90 Å². The average molecular weight is 335 g/mol. The van der Waals surface area contributed by atoms with Crippen molar-refractivity contribution in [3.05, 3.63) is 35.1 Å². The molecule has 2 fully saturated rings. The molecule has 1 saturated carbocycles. The van der Waals surface area contributed by atoms with Crippen molar-refractivity contribution in [3.8, 4) is 5.69 Å². The van der Waals surface area contributed by atoms with Crippen LogP contribution < -0.4 is 4.90 Å². The first-order valence-electron chi connectivity index (χ1n) is 8.27. The number of hydrogen-bond donors (Lipinski definition) is 1. The van der Waals surface area contributed by atoms with Crippen LogP contribution in [-0.4, -0.2) is 46.5 Å². The SMILES string of the molecule is Clc1cccc(-n2nnnc2C2([NH+]3CCOCC3)CCCC2)c1. The molecule has 1 aliphatic carbocycles. The van der Waals surface area contributed by atoms with Gasteiger partial charge in [0, 0.05) is 17.9 Å². The van der Waals surface area contributed by atoms with Crippen LogP contribution in [0.15, 0.2) is 24.3 Å². The summed E-state index contributed by atoms with van der Waals surface area (Å²) in [5.74, 6) is 0.967. The predicted octanol–water partition coefficient (Wildman–Crippen LogP) is 1.00. The number of hydrogen-bond acceptors (Lipinski definition) is 4. The molecule has 2 heterocycles. The number of nitrogens with zero attached hydrogens (tertiary/aromatic N) is 4. The zero-order chi connectivity index (χ0) is 15.7. The van der Waals surface area contributed by atoms with Crippen molar-refractivity contribution in [2.24, 2.45) is 0 Å². The van der Waals surface area contributed by atoms with Crippen LogP contribution in [0.25, 0.3) is 5.69 Å². The van der Waals surface area contributed by atoms with E-state index in [0.717, 1.165) is 50.7 Å². The van der Waals surface area contributed by atoms with Gasteiger partial charge in [-0.25, -0.2) is 0 Å². The van der Waals surface area contributed by atoms with Crippen molar-refractivity contribution in [3.63, 3.8) is 0 Å². The van der Waals surface area contributed by atoms with Crippen molar-refractivity contribution < 1.29 is 9.64 Å². The molecule has 0 atom stereocenters. The Bertz CT molecular complexity index is 677. The third-order valence-corrected chi connectivity index (χ3v) is 5.42. The molecular weight excluding hydrogens is 314 g/mol. The lowest BCUT2D eigenvalue weighted by molar-refractivity contribution is -0.968. The molecular formula is C16H21ClN5O+. The van der Waals surface area contributed by atoms with E-state index >= 15 is 0 Å². The number of halogens is 1. The van der Waals surface area contributed by atoms with Crippen LogP contribution in [0.5, 0.6) is 0 Å². The van der Waals surface area contributed by atoms with Gasteiger partial charge in [0.25, 0.3) is 0 Å². The van der Waals surface area contributed by atoms with E-state index < -0.39 is 0 Å². The third kappa shape index (κ3) is 2.65. The first-order chi connectivity index (χ1) is 11.3. The Morgan fingerprint density at radius 1 is 1.17 bits per heavy atom. The molecule has 2 aromatic rings. The van der Waals surface area contributed by atoms with Gasteiger partial charge in [0.1, 0.15) is 13.1 Å². The topological polar surface area (TPSA) is 57.3 Å². The summed E-state index contributed by atoms with van der Waals surface area (Å²) in [7, 11) is 0. The highest BCUT2D eigenvalue weighted by molar-refractivity contribution is 6.30. The zero-order valence-corrected chi connectivity index (χ0v) is 13.8. The number of nitrogens with one attached hydrogen (secondary N) is 1. The normalized spacial score (nSPS) is 21.6. The molecule has 0 unspecified atom stereocenters. The van der Waals surface area contributed by atoms with Gasteiger partial charge in [-0.05, 0) is 41.5 Å². The van der Waals surface area contributed by atoms with Crippen molar-refractivity contribution >= 4 is 11.6 Å². The van der Waals surface area contributed by atoms with Gasteiger partial charge in [0.2, 0.25) is 5.82 Å². The first-order valence-corrected chi connectivity index (χ1v) is 8.65. The van der Waals surface area contributed by atoms with Gasteiger partial charge >= 0.3 is 0 Å². The van der Waals surface area contributed by atoms with Crippen molar-refractivity contribution in [2.75, 3.05) is 26.3 Å². The molecule has 122 valence electrons. The predicted molar refractivity (Wildman–Crippen MR) is 85.8 cm³/mol. The highest BCUT2D eigenvalue weighted by Gasteiger charge is 2.49. The molecule has 0 bridgehead atoms. The second-order valence-corrected chi connectivity index (χ2v) is 6.84. The maximum atomic E-state index is 6.15. The standard InChI is InChI=1S/C16H20ClN5O/c17-13-4-3-5-14(12-13)22-15(18-19-20-22)16(6-1-2-7-16)21-8-10-23-11-9-21/h3-5,12H,1-2,6-11H2/p+1. The summed E-state index contributed by atoms with van der Waals surface area (Å²) >= 11 is 6.15. The van der Waals surface area contributed by atoms with Gasteiger partial charge in [-0.3, -0.25) is 0 Å². The molecule has 4 rings (SSSR count). The van der Waals surface area contributed by atoms with Gasteiger partial charge in [0.05, 0.1) is 18.9 Å². The summed E-state index contributed by atoms with van der Waals surface area (Å²) in [6.45, 7) is 3.66. The zero-order valence-electron chi connectivity index (χ0n) is 13.0. The fourth-order valence-electron chi connectivity index (χ4n) is 4.08. The van der Waals surface area contributed by atoms with E-state index in [2.05, 4.69) is 15.5 Å². The van der Waals surface area contributed by atoms with Crippen LogP contribution >= 0.6 is 11.6 Å². The van der Waals surface area contributed by atoms with Crippen LogP contribution in [0, 0.1) is 0 Å². The Labute approximate surface area is 140 Å². The van der Waals surface area contributed by atoms with E-state index in [-0.39, 0.29) is 5.54 Å². The van der Waals surface area contributed by atoms with E-state index in [9.17, 15) is 0 Å². The first kappa shape index (κ1) is 15.1. The molecule has 0 spiro atoms. The Hall–Kier alpha value is -1.50. The molecule has 0 amide bonds. The number of quaternary nitrogens is 1. The smallest absolute Gasteiger partial charge is 0.217 e. The molecule has 23 heavy (non-hydrogen) atoms. The number of morpholine rings is 1. The molecule has 7 heteroatoms. The maximum absolute atomic E-state index is 6.15. The minimum atomic E-state index is -0.00437. The Morgan fingerprint density at radius 3 is 2.70 bits per heavy atom. The lowest BCUT2D eigenvalue weighted by atomic mass is 9.93. The summed E-state index contributed by atoms with van der Waals surface area (Å²) in [5, 5.41) is 13.4. The second kappa shape index (κ2) is 6.19. The van der Waals surface area contributed by atoms with Gasteiger partial charge in [-0.1, -0.05) is 17.7 Å². The van der Waals surface area contributed by atoms with Gasteiger partial charge < -0.3 is 9.64 Å². The van der Waals surface area contributed by atoms with Gasteiger partial charge in [-0.2, -0.15) is 4.68 Å². The number of tetrazole rings is 1. The number of aromatic nitrogens is 4. The lowest BCUT2D eigenvalue weighted by Crippen LogP contribution is -3.20. The summed E-state index contributed by atoms with van der Waals surface area (Å²) in [6, 6.07) is 7.72. The fourth-order valence-corrected chi connectivity index (χ4v) is 4.26. The third-order valence-electron chi connectivity index (χ3n) is 5.18. The van der Waals surface area contributed by atoms with Crippen molar-refractivity contribution in [2.45, 2.75) is 31.2 Å². The fraction of sp³-hybridized carbons (Fsp3) is 0.562. The minimum absolute atomic E-state index is 0.00437. The molecule has 0 radical (unpaired) electrons. The van der Waals surface area contributed by atoms with Gasteiger partial charge in [-0.15, -0.1) is 5.10 Å². The van der Waals surface area contributed by atoms with E-state index in [0.29, 0.717) is 5.02 Å². The number of ether oxygens (including phenoxy) is 1. The maximum Gasteiger partial charge on any atom is 0.217 e. The quantitative estimate of drug-likeness (QED) is 0.910. The monoisotopic (exact) mass is 334 g/mol. The summed E-state index contributed by atoms with van der Waals surface area (Å²) in [5.41, 5.74) is 0.923. The Balaban J connectivity index is 1.77. The minimum Gasteiger partial charge on any atom is -0.370 e. The van der Waals surface area contributed by atoms with Crippen LogP contribution in [0.3, 0.4) is 0 Å². The van der Waals surface area contributed by atoms with E-state index in [1.807, 2.05) is 28.9 Å². The molecule has 6 nitrogen and oxygen atoms in total. The number of benzene rings is 1. The van der Waals surface area contributed by atoms with E-state index in [4.69, 9.17) is 16.3 Å². The summed E-state index contributed by atoms with van der Waals surface area (Å²) < 4.78 is 7.43. The van der Waals surface area contributed by atoms with Crippen LogP contribution in [-0.2, 0) is 10.3 Å². The lowest BCUT2D eigenvalue weighted by Gasteiger charge is -2.38. The summed E-state index contributed by atoms with van der Waals surface area (Å²) in [4.78, 5) is 1.55. The molecule has 1 aliphatic heterocycles. The largest absolute Gasteiger partial charge is 0.370 e. The Morgan fingerprint density at radius 2 is 1.96 bits per heavy atom. The number of rotatable bonds is 3.